The molecule has 2 heterocycles. The lowest BCUT2D eigenvalue weighted by atomic mass is 10.2. The first-order valence-corrected chi connectivity index (χ1v) is 7.72. The van der Waals surface area contributed by atoms with Crippen LogP contribution in [0.5, 0.6) is 0 Å². The minimum absolute atomic E-state index is 0.0198. The Labute approximate surface area is 127 Å². The third kappa shape index (κ3) is 3.84. The molecule has 8 heteroatoms. The molecule has 1 atom stereocenters. The molecule has 0 aliphatic carbocycles. The van der Waals surface area contributed by atoms with Gasteiger partial charge in [-0.1, -0.05) is 25.6 Å². The maximum absolute atomic E-state index is 10.8. The Morgan fingerprint density at radius 2 is 2.14 bits per heavy atom. The average Bonchev–Trinajstić information content (AvgIpc) is 3.04. The van der Waals surface area contributed by atoms with Gasteiger partial charge < -0.3 is 14.2 Å². The van der Waals surface area contributed by atoms with Crippen molar-refractivity contribution in [2.45, 2.75) is 44.4 Å². The molecule has 0 spiro atoms. The van der Waals surface area contributed by atoms with E-state index in [0.717, 1.165) is 12.4 Å². The van der Waals surface area contributed by atoms with E-state index in [4.69, 9.17) is 5.11 Å². The van der Waals surface area contributed by atoms with Crippen LogP contribution in [-0.4, -0.2) is 41.1 Å². The summed E-state index contributed by atoms with van der Waals surface area (Å²) >= 11 is 1.20. The van der Waals surface area contributed by atoms with Crippen LogP contribution in [0.15, 0.2) is 23.9 Å². The number of carboxylic acids is 1. The molecule has 1 unspecified atom stereocenters. The van der Waals surface area contributed by atoms with Gasteiger partial charge in [0.25, 0.3) is 0 Å². The summed E-state index contributed by atoms with van der Waals surface area (Å²) in [5.74, 6) is 0.217. The van der Waals surface area contributed by atoms with Gasteiger partial charge in [0.15, 0.2) is 5.16 Å². The van der Waals surface area contributed by atoms with Crippen molar-refractivity contribution in [3.8, 4) is 0 Å². The van der Waals surface area contributed by atoms with Gasteiger partial charge in [-0.05, 0) is 6.92 Å². The quantitative estimate of drug-likeness (QED) is 0.788. The van der Waals surface area contributed by atoms with E-state index in [1.165, 1.54) is 11.8 Å². The third-order valence-corrected chi connectivity index (χ3v) is 3.93. The van der Waals surface area contributed by atoms with E-state index in [-0.39, 0.29) is 17.7 Å². The van der Waals surface area contributed by atoms with Crippen LogP contribution >= 0.6 is 11.8 Å². The van der Waals surface area contributed by atoms with Crippen molar-refractivity contribution < 1.29 is 9.90 Å². The Hall–Kier alpha value is -1.83. The highest BCUT2D eigenvalue weighted by Gasteiger charge is 2.20. The van der Waals surface area contributed by atoms with Gasteiger partial charge in [0.2, 0.25) is 0 Å². The first-order valence-electron chi connectivity index (χ1n) is 6.74. The van der Waals surface area contributed by atoms with Crippen LogP contribution in [0.4, 0.5) is 0 Å². The first kappa shape index (κ1) is 15.6. The Morgan fingerprint density at radius 1 is 1.38 bits per heavy atom. The number of aliphatic carboxylic acids is 1. The fraction of sp³-hybridized carbons (Fsp3) is 0.538. The first-order chi connectivity index (χ1) is 9.99. The van der Waals surface area contributed by atoms with Gasteiger partial charge in [0.05, 0.1) is 18.1 Å². The molecule has 0 saturated heterocycles. The van der Waals surface area contributed by atoms with Gasteiger partial charge in [-0.3, -0.25) is 4.79 Å². The van der Waals surface area contributed by atoms with E-state index in [2.05, 4.69) is 36.0 Å². The standard InChI is InChI=1S/C13H19N5O2S/c1-9(2)12-15-16-13(21-7-11(19)20)18(12)10(3)6-17-5-4-14-8-17/h4-5,8-10H,6-7H2,1-3H3,(H,19,20). The predicted octanol–water partition coefficient (Wildman–Crippen LogP) is 2.04. The molecule has 0 radical (unpaired) electrons. The van der Waals surface area contributed by atoms with E-state index in [0.29, 0.717) is 5.16 Å². The lowest BCUT2D eigenvalue weighted by Crippen LogP contribution is -2.17. The number of carboxylic acid groups (broad SMARTS) is 1. The summed E-state index contributed by atoms with van der Waals surface area (Å²) in [4.78, 5) is 14.8. The Balaban J connectivity index is 2.24. The van der Waals surface area contributed by atoms with Crippen LogP contribution in [0.3, 0.4) is 0 Å². The second-order valence-corrected chi connectivity index (χ2v) is 6.10. The van der Waals surface area contributed by atoms with Crippen molar-refractivity contribution in [1.29, 1.82) is 0 Å². The molecule has 0 fully saturated rings. The molecule has 21 heavy (non-hydrogen) atoms. The van der Waals surface area contributed by atoms with E-state index >= 15 is 0 Å². The van der Waals surface area contributed by atoms with Crippen molar-refractivity contribution in [1.82, 2.24) is 24.3 Å². The maximum atomic E-state index is 10.8. The van der Waals surface area contributed by atoms with Gasteiger partial charge in [-0.2, -0.15) is 0 Å². The molecule has 0 aromatic carbocycles. The number of imidazole rings is 1. The Kier molecular flexibility index (Phi) is 5.00. The van der Waals surface area contributed by atoms with Crippen molar-refractivity contribution >= 4 is 17.7 Å². The lowest BCUT2D eigenvalue weighted by molar-refractivity contribution is -0.133. The minimum Gasteiger partial charge on any atom is -0.481 e. The van der Waals surface area contributed by atoms with E-state index < -0.39 is 5.97 Å². The fourth-order valence-electron chi connectivity index (χ4n) is 2.10. The number of carbonyl (C=O) groups is 1. The molecule has 0 saturated carbocycles. The summed E-state index contributed by atoms with van der Waals surface area (Å²) < 4.78 is 4.01. The number of nitrogens with zero attached hydrogens (tertiary/aromatic N) is 5. The number of hydrogen-bond donors (Lipinski definition) is 1. The molecular formula is C13H19N5O2S. The molecule has 2 aromatic heterocycles. The monoisotopic (exact) mass is 309 g/mol. The summed E-state index contributed by atoms with van der Waals surface area (Å²) in [6, 6.07) is 0.114. The van der Waals surface area contributed by atoms with Crippen LogP contribution in [-0.2, 0) is 11.3 Å². The minimum atomic E-state index is -0.858. The zero-order chi connectivity index (χ0) is 15.4. The molecule has 0 aliphatic heterocycles. The normalized spacial score (nSPS) is 12.8. The van der Waals surface area contributed by atoms with Crippen LogP contribution in [0.25, 0.3) is 0 Å². The van der Waals surface area contributed by atoms with Crippen LogP contribution < -0.4 is 0 Å². The molecule has 1 N–H and O–H groups in total. The van der Waals surface area contributed by atoms with Gasteiger partial charge in [-0.25, -0.2) is 4.98 Å². The third-order valence-electron chi connectivity index (χ3n) is 3.01. The zero-order valence-corrected chi connectivity index (χ0v) is 13.1. The van der Waals surface area contributed by atoms with Crippen molar-refractivity contribution in [2.75, 3.05) is 5.75 Å². The smallest absolute Gasteiger partial charge is 0.313 e. The second kappa shape index (κ2) is 6.75. The van der Waals surface area contributed by atoms with Gasteiger partial charge >= 0.3 is 5.97 Å². The van der Waals surface area contributed by atoms with Crippen molar-refractivity contribution in [3.05, 3.63) is 24.5 Å². The highest BCUT2D eigenvalue weighted by Crippen LogP contribution is 2.26. The summed E-state index contributed by atoms with van der Waals surface area (Å²) in [5.41, 5.74) is 0. The van der Waals surface area contributed by atoms with Gasteiger partial charge in [0, 0.05) is 24.9 Å². The highest BCUT2D eigenvalue weighted by molar-refractivity contribution is 7.99. The van der Waals surface area contributed by atoms with Crippen LogP contribution in [0.2, 0.25) is 0 Å². The van der Waals surface area contributed by atoms with Gasteiger partial charge in [-0.15, -0.1) is 10.2 Å². The Morgan fingerprint density at radius 3 is 2.71 bits per heavy atom. The van der Waals surface area contributed by atoms with Crippen molar-refractivity contribution in [2.24, 2.45) is 0 Å². The van der Waals surface area contributed by atoms with Gasteiger partial charge in [0.1, 0.15) is 5.82 Å². The van der Waals surface area contributed by atoms with E-state index in [1.807, 2.05) is 15.3 Å². The van der Waals surface area contributed by atoms with Crippen molar-refractivity contribution in [3.63, 3.8) is 0 Å². The number of hydrogen-bond acceptors (Lipinski definition) is 5. The van der Waals surface area contributed by atoms with Crippen LogP contribution in [0, 0.1) is 0 Å². The largest absolute Gasteiger partial charge is 0.481 e. The lowest BCUT2D eigenvalue weighted by Gasteiger charge is -2.19. The number of rotatable bonds is 7. The number of aromatic nitrogens is 5. The summed E-state index contributed by atoms with van der Waals surface area (Å²) in [6.07, 6.45) is 5.41. The van der Waals surface area contributed by atoms with Crippen LogP contribution in [0.1, 0.15) is 38.6 Å². The molecule has 0 amide bonds. The number of thioether (sulfide) groups is 1. The SMILES string of the molecule is CC(C)c1nnc(SCC(=O)O)n1C(C)Cn1ccnc1. The molecule has 0 aliphatic rings. The molecule has 2 aromatic rings. The highest BCUT2D eigenvalue weighted by atomic mass is 32.2. The molecule has 114 valence electrons. The summed E-state index contributed by atoms with van der Waals surface area (Å²) in [6.45, 7) is 6.91. The summed E-state index contributed by atoms with van der Waals surface area (Å²) in [7, 11) is 0. The zero-order valence-electron chi connectivity index (χ0n) is 12.3. The second-order valence-electron chi connectivity index (χ2n) is 5.16. The van der Waals surface area contributed by atoms with E-state index in [9.17, 15) is 4.79 Å². The maximum Gasteiger partial charge on any atom is 0.313 e. The fourth-order valence-corrected chi connectivity index (χ4v) is 2.87. The Bertz CT molecular complexity index is 594. The summed E-state index contributed by atoms with van der Waals surface area (Å²) in [5, 5.41) is 17.8. The average molecular weight is 309 g/mol. The topological polar surface area (TPSA) is 85.8 Å². The molecule has 7 nitrogen and oxygen atoms in total. The molecule has 0 bridgehead atoms. The molecular weight excluding hydrogens is 290 g/mol. The van der Waals surface area contributed by atoms with E-state index in [1.54, 1.807) is 12.5 Å². The predicted molar refractivity (Wildman–Crippen MR) is 79.4 cm³/mol. The molecule has 2 rings (SSSR count).